The van der Waals surface area contributed by atoms with Crippen LogP contribution < -0.4 is 14.5 Å². The molecule has 2 saturated heterocycles. The van der Waals surface area contributed by atoms with Crippen LogP contribution in [0.4, 0.5) is 17.1 Å². The standard InChI is InChI=1S/C24H30N4O4/c1-19-7-3-4-8-23(19)32-18-24(29)27-15-13-25(14-16-27)20-9-10-21(28(30)31)22(17-20)26-11-5-2-6-12-26/h3-4,7-10,17H,2,5-6,11-16,18H2,1H3. The molecule has 0 spiro atoms. The summed E-state index contributed by atoms with van der Waals surface area (Å²) in [5.41, 5.74) is 2.85. The first-order valence-electron chi connectivity index (χ1n) is 11.3. The van der Waals surface area contributed by atoms with Crippen LogP contribution in [0.2, 0.25) is 0 Å². The van der Waals surface area contributed by atoms with Crippen LogP contribution in [0.25, 0.3) is 0 Å². The molecule has 2 heterocycles. The zero-order chi connectivity index (χ0) is 22.5. The summed E-state index contributed by atoms with van der Waals surface area (Å²) in [5, 5.41) is 11.6. The van der Waals surface area contributed by atoms with Crippen LogP contribution in [-0.2, 0) is 4.79 Å². The van der Waals surface area contributed by atoms with Gasteiger partial charge in [0.25, 0.3) is 11.6 Å². The minimum atomic E-state index is -0.293. The summed E-state index contributed by atoms with van der Waals surface area (Å²) in [6.07, 6.45) is 3.30. The summed E-state index contributed by atoms with van der Waals surface area (Å²) in [6.45, 7) is 6.28. The molecule has 2 aromatic carbocycles. The molecule has 170 valence electrons. The summed E-state index contributed by atoms with van der Waals surface area (Å²) < 4.78 is 5.71. The summed E-state index contributed by atoms with van der Waals surface area (Å²) in [6, 6.07) is 13.1. The third-order valence-corrected chi connectivity index (χ3v) is 6.29. The van der Waals surface area contributed by atoms with Gasteiger partial charge in [0, 0.05) is 51.0 Å². The smallest absolute Gasteiger partial charge is 0.292 e. The fourth-order valence-corrected chi connectivity index (χ4v) is 4.41. The van der Waals surface area contributed by atoms with Crippen molar-refractivity contribution in [2.24, 2.45) is 0 Å². The number of rotatable bonds is 6. The molecule has 8 heteroatoms. The number of hydrogen-bond acceptors (Lipinski definition) is 6. The number of para-hydroxylation sites is 1. The zero-order valence-electron chi connectivity index (χ0n) is 18.5. The maximum Gasteiger partial charge on any atom is 0.292 e. The van der Waals surface area contributed by atoms with E-state index in [1.165, 1.54) is 6.42 Å². The molecule has 0 atom stereocenters. The van der Waals surface area contributed by atoms with Gasteiger partial charge in [-0.2, -0.15) is 0 Å². The van der Waals surface area contributed by atoms with Gasteiger partial charge >= 0.3 is 0 Å². The number of piperazine rings is 1. The van der Waals surface area contributed by atoms with Crippen molar-refractivity contribution in [3.8, 4) is 5.75 Å². The molecule has 0 aliphatic carbocycles. The number of benzene rings is 2. The molecule has 2 aromatic rings. The van der Waals surface area contributed by atoms with Crippen molar-refractivity contribution in [1.82, 2.24) is 4.90 Å². The van der Waals surface area contributed by atoms with Crippen molar-refractivity contribution < 1.29 is 14.5 Å². The molecule has 2 fully saturated rings. The van der Waals surface area contributed by atoms with E-state index < -0.39 is 0 Å². The largest absolute Gasteiger partial charge is 0.484 e. The molecule has 0 radical (unpaired) electrons. The topological polar surface area (TPSA) is 79.2 Å². The van der Waals surface area contributed by atoms with Crippen molar-refractivity contribution in [2.75, 3.05) is 55.7 Å². The predicted octanol–water partition coefficient (Wildman–Crippen LogP) is 3.62. The van der Waals surface area contributed by atoms with E-state index in [0.717, 1.165) is 42.9 Å². The van der Waals surface area contributed by atoms with Gasteiger partial charge in [-0.15, -0.1) is 0 Å². The Morgan fingerprint density at radius 3 is 2.38 bits per heavy atom. The second kappa shape index (κ2) is 9.89. The monoisotopic (exact) mass is 438 g/mol. The van der Waals surface area contributed by atoms with E-state index in [0.29, 0.717) is 31.9 Å². The lowest BCUT2D eigenvalue weighted by atomic mass is 10.1. The summed E-state index contributed by atoms with van der Waals surface area (Å²) in [5.74, 6) is 0.709. The zero-order valence-corrected chi connectivity index (χ0v) is 18.5. The molecule has 2 aliphatic heterocycles. The number of piperidine rings is 1. The number of hydrogen-bond donors (Lipinski definition) is 0. The molecule has 4 rings (SSSR count). The Hall–Kier alpha value is -3.29. The van der Waals surface area contributed by atoms with Crippen LogP contribution in [0, 0.1) is 17.0 Å². The van der Waals surface area contributed by atoms with Gasteiger partial charge in [0.1, 0.15) is 11.4 Å². The minimum absolute atomic E-state index is 0.0226. The highest BCUT2D eigenvalue weighted by molar-refractivity contribution is 5.78. The van der Waals surface area contributed by atoms with Crippen molar-refractivity contribution in [3.63, 3.8) is 0 Å². The molecule has 8 nitrogen and oxygen atoms in total. The van der Waals surface area contributed by atoms with Gasteiger partial charge in [0.05, 0.1) is 4.92 Å². The van der Waals surface area contributed by atoms with Crippen LogP contribution in [-0.4, -0.2) is 61.6 Å². The Morgan fingerprint density at radius 1 is 0.969 bits per heavy atom. The first-order valence-corrected chi connectivity index (χ1v) is 11.3. The average molecular weight is 439 g/mol. The van der Waals surface area contributed by atoms with Gasteiger partial charge in [-0.3, -0.25) is 14.9 Å². The fourth-order valence-electron chi connectivity index (χ4n) is 4.41. The SMILES string of the molecule is Cc1ccccc1OCC(=O)N1CCN(c2ccc([N+](=O)[O-])c(N3CCCCC3)c2)CC1. The highest BCUT2D eigenvalue weighted by Gasteiger charge is 2.25. The van der Waals surface area contributed by atoms with Gasteiger partial charge in [-0.05, 0) is 49.9 Å². The quantitative estimate of drug-likeness (QED) is 0.506. The number of aryl methyl sites for hydroxylation is 1. The lowest BCUT2D eigenvalue weighted by molar-refractivity contribution is -0.384. The third kappa shape index (κ3) is 4.95. The molecule has 0 saturated carbocycles. The molecule has 0 N–H and O–H groups in total. The second-order valence-electron chi connectivity index (χ2n) is 8.40. The van der Waals surface area contributed by atoms with E-state index in [1.807, 2.05) is 48.2 Å². The van der Waals surface area contributed by atoms with E-state index >= 15 is 0 Å². The van der Waals surface area contributed by atoms with E-state index in [2.05, 4.69) is 9.80 Å². The number of anilines is 2. The van der Waals surface area contributed by atoms with Crippen LogP contribution in [0.1, 0.15) is 24.8 Å². The van der Waals surface area contributed by atoms with Crippen molar-refractivity contribution >= 4 is 23.0 Å². The van der Waals surface area contributed by atoms with Crippen LogP contribution in [0.5, 0.6) is 5.75 Å². The first kappa shape index (κ1) is 21.9. The van der Waals surface area contributed by atoms with Gasteiger partial charge in [0.2, 0.25) is 0 Å². The molecule has 1 amide bonds. The highest BCUT2D eigenvalue weighted by Crippen LogP contribution is 2.34. The van der Waals surface area contributed by atoms with E-state index in [4.69, 9.17) is 4.74 Å². The normalized spacial score (nSPS) is 16.7. The van der Waals surface area contributed by atoms with Crippen molar-refractivity contribution in [1.29, 1.82) is 0 Å². The maximum atomic E-state index is 12.6. The van der Waals surface area contributed by atoms with E-state index in [1.54, 1.807) is 6.07 Å². The van der Waals surface area contributed by atoms with Crippen molar-refractivity contribution in [2.45, 2.75) is 26.2 Å². The summed E-state index contributed by atoms with van der Waals surface area (Å²) in [7, 11) is 0. The highest BCUT2D eigenvalue weighted by atomic mass is 16.6. The van der Waals surface area contributed by atoms with Crippen LogP contribution in [0.15, 0.2) is 42.5 Å². The second-order valence-corrected chi connectivity index (χ2v) is 8.40. The third-order valence-electron chi connectivity index (χ3n) is 6.29. The lowest BCUT2D eigenvalue weighted by Crippen LogP contribution is -2.50. The Kier molecular flexibility index (Phi) is 6.78. The Labute approximate surface area is 188 Å². The van der Waals surface area contributed by atoms with Crippen LogP contribution >= 0.6 is 0 Å². The molecular weight excluding hydrogens is 408 g/mol. The Balaban J connectivity index is 1.37. The lowest BCUT2D eigenvalue weighted by Gasteiger charge is -2.36. The molecule has 0 unspecified atom stereocenters. The van der Waals surface area contributed by atoms with Crippen LogP contribution in [0.3, 0.4) is 0 Å². The molecular formula is C24H30N4O4. The minimum Gasteiger partial charge on any atom is -0.484 e. The van der Waals surface area contributed by atoms with E-state index in [-0.39, 0.29) is 23.1 Å². The Bertz CT molecular complexity index is 966. The Morgan fingerprint density at radius 2 is 1.69 bits per heavy atom. The molecule has 0 aromatic heterocycles. The fraction of sp³-hybridized carbons (Fsp3) is 0.458. The first-order chi connectivity index (χ1) is 15.5. The van der Waals surface area contributed by atoms with Gasteiger partial charge in [-0.25, -0.2) is 0 Å². The number of nitro benzene ring substituents is 1. The average Bonchev–Trinajstić information content (AvgIpc) is 2.83. The van der Waals surface area contributed by atoms with Crippen molar-refractivity contribution in [3.05, 3.63) is 58.1 Å². The van der Waals surface area contributed by atoms with E-state index in [9.17, 15) is 14.9 Å². The molecule has 32 heavy (non-hydrogen) atoms. The number of carbonyl (C=O) groups excluding carboxylic acids is 1. The summed E-state index contributed by atoms with van der Waals surface area (Å²) in [4.78, 5) is 30.0. The number of ether oxygens (including phenoxy) is 1. The van der Waals surface area contributed by atoms with Gasteiger partial charge in [-0.1, -0.05) is 18.2 Å². The van der Waals surface area contributed by atoms with Gasteiger partial charge < -0.3 is 19.4 Å². The molecule has 2 aliphatic rings. The maximum absolute atomic E-state index is 12.6. The summed E-state index contributed by atoms with van der Waals surface area (Å²) >= 11 is 0. The number of nitro groups is 1. The van der Waals surface area contributed by atoms with Gasteiger partial charge in [0.15, 0.2) is 6.61 Å². The number of amides is 1. The predicted molar refractivity (Wildman–Crippen MR) is 125 cm³/mol. The number of nitrogens with zero attached hydrogens (tertiary/aromatic N) is 4. The number of carbonyl (C=O) groups is 1. The molecule has 0 bridgehead atoms.